The van der Waals surface area contributed by atoms with Crippen LogP contribution in [0, 0.1) is 5.94 Å². The van der Waals surface area contributed by atoms with Gasteiger partial charge in [0.2, 0.25) is 0 Å². The molecule has 0 aliphatic heterocycles. The summed E-state index contributed by atoms with van der Waals surface area (Å²) in [5, 5.41) is 0. The average Bonchev–Trinajstić information content (AvgIpc) is 1.81. The molecule has 0 rings (SSSR count). The number of ether oxygens (including phenoxy) is 1. The zero-order valence-corrected chi connectivity index (χ0v) is 6.77. The lowest BCUT2D eigenvalue weighted by Crippen LogP contribution is -1.82. The lowest BCUT2D eigenvalue weighted by Gasteiger charge is -1.93. The SMILES string of the molecule is CO[C]SCCSC. The van der Waals surface area contributed by atoms with Crippen LogP contribution in [0.3, 0.4) is 0 Å². The number of rotatable bonds is 5. The molecule has 0 amide bonds. The van der Waals surface area contributed by atoms with Crippen LogP contribution in [0.1, 0.15) is 0 Å². The molecule has 0 unspecified atom stereocenters. The second kappa shape index (κ2) is 7.66. The predicted octanol–water partition coefficient (Wildman–Crippen LogP) is 1.73. The Morgan fingerprint density at radius 3 is 2.75 bits per heavy atom. The maximum Gasteiger partial charge on any atom is 0.197 e. The highest BCUT2D eigenvalue weighted by molar-refractivity contribution is 8.03. The maximum atomic E-state index is 4.59. The van der Waals surface area contributed by atoms with Crippen LogP contribution in [0.15, 0.2) is 0 Å². The van der Waals surface area contributed by atoms with Crippen LogP contribution in [-0.2, 0) is 4.74 Å². The molecule has 2 radical (unpaired) electrons. The standard InChI is InChI=1S/C5H10OS2/c1-6-5-8-4-3-7-2/h3-4H2,1-2H3. The Balaban J connectivity index is 2.53. The van der Waals surface area contributed by atoms with Gasteiger partial charge in [-0.25, -0.2) is 0 Å². The van der Waals surface area contributed by atoms with Crippen LogP contribution in [-0.4, -0.2) is 24.9 Å². The first kappa shape index (κ1) is 8.66. The number of hydrogen-bond donors (Lipinski definition) is 0. The molecule has 0 aromatic rings. The first-order valence-electron chi connectivity index (χ1n) is 2.30. The third kappa shape index (κ3) is 6.66. The van der Waals surface area contributed by atoms with Crippen molar-refractivity contribution < 1.29 is 4.74 Å². The fourth-order valence-corrected chi connectivity index (χ4v) is 1.43. The van der Waals surface area contributed by atoms with Crippen molar-refractivity contribution in [1.29, 1.82) is 0 Å². The largest absolute Gasteiger partial charge is 0.359 e. The van der Waals surface area contributed by atoms with Crippen LogP contribution in [0.25, 0.3) is 0 Å². The molecule has 0 N–H and O–H groups in total. The van der Waals surface area contributed by atoms with E-state index in [4.69, 9.17) is 0 Å². The molecule has 1 nitrogen and oxygen atoms in total. The molecule has 0 spiro atoms. The number of hydrogen-bond acceptors (Lipinski definition) is 3. The number of thioether (sulfide) groups is 2. The second-order valence-corrected chi connectivity index (χ2v) is 2.98. The predicted molar refractivity (Wildman–Crippen MR) is 41.1 cm³/mol. The normalized spacial score (nSPS) is 9.75. The van der Waals surface area contributed by atoms with Gasteiger partial charge in [0.25, 0.3) is 0 Å². The van der Waals surface area contributed by atoms with Gasteiger partial charge >= 0.3 is 0 Å². The van der Waals surface area contributed by atoms with Gasteiger partial charge in [-0.1, -0.05) is 0 Å². The second-order valence-electron chi connectivity index (χ2n) is 1.13. The highest BCUT2D eigenvalue weighted by atomic mass is 32.2. The Hall–Kier alpha value is 0.660. The van der Waals surface area contributed by atoms with Crippen molar-refractivity contribution in [2.45, 2.75) is 0 Å². The van der Waals surface area contributed by atoms with E-state index < -0.39 is 0 Å². The van der Waals surface area contributed by atoms with Gasteiger partial charge in [-0.15, -0.1) is 11.8 Å². The minimum absolute atomic E-state index is 1.09. The molecule has 0 atom stereocenters. The van der Waals surface area contributed by atoms with Crippen molar-refractivity contribution in [3.8, 4) is 0 Å². The molecule has 8 heavy (non-hydrogen) atoms. The van der Waals surface area contributed by atoms with Crippen molar-refractivity contribution in [2.75, 3.05) is 24.9 Å². The first-order chi connectivity index (χ1) is 3.91. The smallest absolute Gasteiger partial charge is 0.197 e. The van der Waals surface area contributed by atoms with Gasteiger partial charge in [-0.2, -0.15) is 11.8 Å². The molecule has 0 aromatic carbocycles. The quantitative estimate of drug-likeness (QED) is 0.552. The van der Waals surface area contributed by atoms with Gasteiger partial charge in [0.15, 0.2) is 5.94 Å². The van der Waals surface area contributed by atoms with Crippen molar-refractivity contribution >= 4 is 23.5 Å². The van der Waals surface area contributed by atoms with Crippen molar-refractivity contribution in [3.05, 3.63) is 5.94 Å². The van der Waals surface area contributed by atoms with Gasteiger partial charge in [-0.3, -0.25) is 0 Å². The summed E-state index contributed by atoms with van der Waals surface area (Å²) < 4.78 is 4.59. The Labute approximate surface area is 59.6 Å². The summed E-state index contributed by atoms with van der Waals surface area (Å²) in [6.45, 7) is 0. The summed E-state index contributed by atoms with van der Waals surface area (Å²) >= 11 is 3.42. The van der Waals surface area contributed by atoms with Crippen LogP contribution in [0.2, 0.25) is 0 Å². The van der Waals surface area contributed by atoms with Gasteiger partial charge in [0, 0.05) is 18.6 Å². The van der Waals surface area contributed by atoms with E-state index in [0.29, 0.717) is 0 Å². The summed E-state index contributed by atoms with van der Waals surface area (Å²) in [6.07, 6.45) is 2.09. The molecule has 0 aromatic heterocycles. The fraction of sp³-hybridized carbons (Fsp3) is 0.800. The molecule has 0 fully saturated rings. The Kier molecular flexibility index (Phi) is 8.29. The molecule has 0 saturated carbocycles. The van der Waals surface area contributed by atoms with E-state index in [1.54, 1.807) is 18.9 Å². The van der Waals surface area contributed by atoms with Crippen molar-refractivity contribution in [1.82, 2.24) is 0 Å². The molecular weight excluding hydrogens is 140 g/mol. The summed E-state index contributed by atoms with van der Waals surface area (Å²) in [5.74, 6) is 4.95. The van der Waals surface area contributed by atoms with Crippen LogP contribution in [0.5, 0.6) is 0 Å². The van der Waals surface area contributed by atoms with Crippen LogP contribution in [0.4, 0.5) is 0 Å². The van der Waals surface area contributed by atoms with E-state index in [9.17, 15) is 0 Å². The van der Waals surface area contributed by atoms with Crippen LogP contribution < -0.4 is 0 Å². The van der Waals surface area contributed by atoms with E-state index in [0.717, 1.165) is 5.75 Å². The van der Waals surface area contributed by atoms with Crippen LogP contribution >= 0.6 is 23.5 Å². The molecule has 0 saturated heterocycles. The molecule has 0 aliphatic rings. The minimum Gasteiger partial charge on any atom is -0.359 e. The highest BCUT2D eigenvalue weighted by Gasteiger charge is 1.85. The van der Waals surface area contributed by atoms with E-state index in [2.05, 4.69) is 16.9 Å². The highest BCUT2D eigenvalue weighted by Crippen LogP contribution is 2.06. The van der Waals surface area contributed by atoms with Gasteiger partial charge in [-0.05, 0) is 6.26 Å². The molecule has 0 aliphatic carbocycles. The number of methoxy groups -OCH3 is 1. The van der Waals surface area contributed by atoms with Gasteiger partial charge < -0.3 is 4.74 Å². The summed E-state index contributed by atoms with van der Waals surface area (Å²) in [7, 11) is 1.62. The summed E-state index contributed by atoms with van der Waals surface area (Å²) in [4.78, 5) is 0. The zero-order valence-electron chi connectivity index (χ0n) is 5.14. The topological polar surface area (TPSA) is 9.23 Å². The fourth-order valence-electron chi connectivity index (χ4n) is 0.226. The Morgan fingerprint density at radius 1 is 1.50 bits per heavy atom. The lowest BCUT2D eigenvalue weighted by atomic mass is 11.0. The Bertz CT molecular complexity index is 35.4. The van der Waals surface area contributed by atoms with E-state index in [-0.39, 0.29) is 0 Å². The maximum absolute atomic E-state index is 4.59. The average molecular weight is 150 g/mol. The van der Waals surface area contributed by atoms with Gasteiger partial charge in [0.1, 0.15) is 0 Å². The third-order valence-electron chi connectivity index (χ3n) is 0.532. The molecule has 0 heterocycles. The summed E-state index contributed by atoms with van der Waals surface area (Å²) in [6, 6.07) is 0. The minimum atomic E-state index is 1.09. The van der Waals surface area contributed by atoms with E-state index >= 15 is 0 Å². The van der Waals surface area contributed by atoms with Crippen molar-refractivity contribution in [3.63, 3.8) is 0 Å². The first-order valence-corrected chi connectivity index (χ1v) is 4.68. The molecule has 3 heteroatoms. The Morgan fingerprint density at radius 2 is 2.25 bits per heavy atom. The monoisotopic (exact) mass is 150 g/mol. The van der Waals surface area contributed by atoms with E-state index in [1.807, 2.05) is 11.8 Å². The van der Waals surface area contributed by atoms with Gasteiger partial charge in [0.05, 0.1) is 0 Å². The zero-order chi connectivity index (χ0) is 6.24. The van der Waals surface area contributed by atoms with E-state index in [1.165, 1.54) is 5.75 Å². The molecular formula is C5H10OS2. The molecule has 48 valence electrons. The lowest BCUT2D eigenvalue weighted by molar-refractivity contribution is 0.315. The van der Waals surface area contributed by atoms with Crippen molar-refractivity contribution in [2.24, 2.45) is 0 Å². The summed E-state index contributed by atoms with van der Waals surface area (Å²) in [5.41, 5.74) is 0. The molecule has 0 bridgehead atoms. The third-order valence-corrected chi connectivity index (χ3v) is 2.10.